The van der Waals surface area contributed by atoms with Crippen LogP contribution in [-0.4, -0.2) is 42.6 Å². The number of carbonyl (C=O) groups excluding carboxylic acids is 4. The maximum absolute atomic E-state index is 12.7. The van der Waals surface area contributed by atoms with E-state index in [2.05, 4.69) is 0 Å². The van der Waals surface area contributed by atoms with Crippen LogP contribution >= 0.6 is 0 Å². The Balaban J connectivity index is 3.32. The molecule has 9 nitrogen and oxygen atoms in total. The highest BCUT2D eigenvalue weighted by Crippen LogP contribution is 2.32. The molecule has 202 valence electrons. The van der Waals surface area contributed by atoms with E-state index in [-0.39, 0.29) is 42.1 Å². The zero-order chi connectivity index (χ0) is 27.6. The lowest BCUT2D eigenvalue weighted by molar-refractivity contribution is -0.157. The molecule has 36 heavy (non-hydrogen) atoms. The van der Waals surface area contributed by atoms with E-state index in [9.17, 15) is 19.2 Å². The fourth-order valence-corrected chi connectivity index (χ4v) is 3.26. The van der Waals surface area contributed by atoms with Crippen LogP contribution in [0, 0.1) is 17.8 Å². The van der Waals surface area contributed by atoms with Gasteiger partial charge >= 0.3 is 23.9 Å². The molecule has 0 aliphatic heterocycles. The predicted molar refractivity (Wildman–Crippen MR) is 134 cm³/mol. The lowest BCUT2D eigenvalue weighted by Crippen LogP contribution is -2.53. The Morgan fingerprint density at radius 2 is 1.39 bits per heavy atom. The van der Waals surface area contributed by atoms with Crippen molar-refractivity contribution < 1.29 is 38.1 Å². The van der Waals surface area contributed by atoms with Crippen molar-refractivity contribution in [3.05, 3.63) is 23.8 Å². The average Bonchev–Trinajstić information content (AvgIpc) is 2.83. The minimum atomic E-state index is -1.53. The van der Waals surface area contributed by atoms with Crippen molar-refractivity contribution in [2.75, 3.05) is 7.11 Å². The van der Waals surface area contributed by atoms with Crippen molar-refractivity contribution in [3.8, 4) is 11.5 Å². The van der Waals surface area contributed by atoms with Crippen LogP contribution in [-0.2, 0) is 35.1 Å². The van der Waals surface area contributed by atoms with Crippen molar-refractivity contribution in [1.82, 2.24) is 0 Å². The highest BCUT2D eigenvalue weighted by Gasteiger charge is 2.38. The van der Waals surface area contributed by atoms with Gasteiger partial charge in [-0.1, -0.05) is 47.6 Å². The summed E-state index contributed by atoms with van der Waals surface area (Å²) in [7, 11) is 1.23. The maximum atomic E-state index is 12.7. The van der Waals surface area contributed by atoms with Crippen molar-refractivity contribution in [2.24, 2.45) is 23.5 Å². The minimum absolute atomic E-state index is 0.00326. The zero-order valence-corrected chi connectivity index (χ0v) is 22.7. The number of rotatable bonds is 13. The summed E-state index contributed by atoms with van der Waals surface area (Å²) >= 11 is 0. The Bertz CT molecular complexity index is 928. The molecule has 4 atom stereocenters. The summed E-state index contributed by atoms with van der Waals surface area (Å²) in [5.41, 5.74) is 5.49. The summed E-state index contributed by atoms with van der Waals surface area (Å²) in [5.74, 6) is -2.89. The van der Waals surface area contributed by atoms with Gasteiger partial charge in [0.25, 0.3) is 0 Å². The molecular formula is C27H41NO8. The predicted octanol–water partition coefficient (Wildman–Crippen LogP) is 3.98. The fraction of sp³-hybridized carbons (Fsp3) is 0.630. The topological polar surface area (TPSA) is 131 Å². The Morgan fingerprint density at radius 3 is 1.86 bits per heavy atom. The van der Waals surface area contributed by atoms with Gasteiger partial charge in [-0.05, 0) is 37.5 Å². The summed E-state index contributed by atoms with van der Waals surface area (Å²) in [6.45, 7) is 12.3. The molecule has 0 aromatic heterocycles. The molecule has 0 amide bonds. The first kappa shape index (κ1) is 31.1. The monoisotopic (exact) mass is 507 g/mol. The summed E-state index contributed by atoms with van der Waals surface area (Å²) in [5, 5.41) is 0. The Kier molecular flexibility index (Phi) is 12.1. The third kappa shape index (κ3) is 8.93. The largest absolute Gasteiger partial charge is 0.468 e. The normalized spacial score (nSPS) is 15.3. The number of methoxy groups -OCH3 is 1. The molecule has 0 radical (unpaired) electrons. The van der Waals surface area contributed by atoms with Gasteiger partial charge in [-0.2, -0.15) is 0 Å². The van der Waals surface area contributed by atoms with Crippen LogP contribution in [0.4, 0.5) is 0 Å². The standard InChI is InChI=1S/C27H41NO8/c1-9-17(5)24(30)35-21-12-11-20(13-22(21)36-25(31)18(6)10-2)15-27(28,26(32)33-8)14-19(7)34-23(29)16(3)4/h11-13,16-19H,9-10,14-15,28H2,1-8H3/t17?,18?,19?,27-/m1/s1. The molecule has 0 bridgehead atoms. The zero-order valence-electron chi connectivity index (χ0n) is 22.7. The molecule has 1 aromatic rings. The summed E-state index contributed by atoms with van der Waals surface area (Å²) < 4.78 is 21.4. The van der Waals surface area contributed by atoms with Gasteiger partial charge in [0.1, 0.15) is 11.6 Å². The minimum Gasteiger partial charge on any atom is -0.468 e. The molecule has 3 unspecified atom stereocenters. The van der Waals surface area contributed by atoms with Gasteiger partial charge in [-0.3, -0.25) is 19.2 Å². The Labute approximate surface area is 214 Å². The number of esters is 4. The molecule has 2 N–H and O–H groups in total. The molecule has 0 aliphatic carbocycles. The van der Waals surface area contributed by atoms with Crippen LogP contribution in [0.5, 0.6) is 11.5 Å². The third-order valence-electron chi connectivity index (χ3n) is 6.01. The quantitative estimate of drug-likeness (QED) is 0.311. The van der Waals surface area contributed by atoms with Gasteiger partial charge in [0.05, 0.1) is 24.9 Å². The van der Waals surface area contributed by atoms with E-state index in [1.165, 1.54) is 19.2 Å². The van der Waals surface area contributed by atoms with E-state index in [1.807, 2.05) is 13.8 Å². The Morgan fingerprint density at radius 1 is 0.861 bits per heavy atom. The van der Waals surface area contributed by atoms with Crippen LogP contribution < -0.4 is 15.2 Å². The van der Waals surface area contributed by atoms with E-state index >= 15 is 0 Å². The van der Waals surface area contributed by atoms with E-state index in [1.54, 1.807) is 40.7 Å². The smallest absolute Gasteiger partial charge is 0.326 e. The molecule has 1 rings (SSSR count). The van der Waals surface area contributed by atoms with E-state index in [4.69, 9.17) is 24.7 Å². The van der Waals surface area contributed by atoms with Crippen molar-refractivity contribution in [3.63, 3.8) is 0 Å². The van der Waals surface area contributed by atoms with E-state index in [0.717, 1.165) is 0 Å². The second-order valence-electron chi connectivity index (χ2n) is 9.67. The number of benzene rings is 1. The van der Waals surface area contributed by atoms with Crippen molar-refractivity contribution >= 4 is 23.9 Å². The van der Waals surface area contributed by atoms with Gasteiger partial charge in [0, 0.05) is 12.8 Å². The van der Waals surface area contributed by atoms with Gasteiger partial charge in [0.2, 0.25) is 0 Å². The molecular weight excluding hydrogens is 466 g/mol. The first-order valence-electron chi connectivity index (χ1n) is 12.4. The van der Waals surface area contributed by atoms with Crippen LogP contribution in [0.1, 0.15) is 73.3 Å². The molecule has 9 heteroatoms. The molecule has 0 fully saturated rings. The number of carbonyl (C=O) groups is 4. The van der Waals surface area contributed by atoms with Crippen molar-refractivity contribution in [2.45, 2.75) is 85.8 Å². The van der Waals surface area contributed by atoms with Gasteiger partial charge in [0.15, 0.2) is 11.5 Å². The van der Waals surface area contributed by atoms with Crippen LogP contribution in [0.15, 0.2) is 18.2 Å². The van der Waals surface area contributed by atoms with Crippen LogP contribution in [0.25, 0.3) is 0 Å². The summed E-state index contributed by atoms with van der Waals surface area (Å²) in [6.07, 6.45) is 0.513. The SMILES string of the molecule is CCC(C)C(=O)Oc1ccc(C[C@](N)(CC(C)OC(=O)C(C)C)C(=O)OC)cc1OC(=O)C(C)CC. The average molecular weight is 508 g/mol. The maximum Gasteiger partial charge on any atom is 0.326 e. The summed E-state index contributed by atoms with van der Waals surface area (Å²) in [6, 6.07) is 4.67. The molecule has 0 saturated heterocycles. The fourth-order valence-electron chi connectivity index (χ4n) is 3.26. The van der Waals surface area contributed by atoms with E-state index < -0.39 is 35.5 Å². The number of nitrogens with two attached hydrogens (primary N) is 1. The molecule has 0 heterocycles. The van der Waals surface area contributed by atoms with Crippen LogP contribution in [0.3, 0.4) is 0 Å². The van der Waals surface area contributed by atoms with Gasteiger partial charge in [-0.15, -0.1) is 0 Å². The lowest BCUT2D eigenvalue weighted by atomic mass is 9.86. The summed E-state index contributed by atoms with van der Waals surface area (Å²) in [4.78, 5) is 49.6. The highest BCUT2D eigenvalue weighted by atomic mass is 16.6. The molecule has 1 aromatic carbocycles. The number of hydrogen-bond donors (Lipinski definition) is 1. The Hall–Kier alpha value is -2.94. The second kappa shape index (κ2) is 14.0. The molecule has 0 spiro atoms. The second-order valence-corrected chi connectivity index (χ2v) is 9.67. The molecule has 0 aliphatic rings. The number of hydrogen-bond acceptors (Lipinski definition) is 9. The van der Waals surface area contributed by atoms with Crippen LogP contribution in [0.2, 0.25) is 0 Å². The third-order valence-corrected chi connectivity index (χ3v) is 6.01. The highest BCUT2D eigenvalue weighted by molar-refractivity contribution is 5.81. The number of ether oxygens (including phenoxy) is 4. The van der Waals surface area contributed by atoms with Gasteiger partial charge < -0.3 is 24.7 Å². The van der Waals surface area contributed by atoms with E-state index in [0.29, 0.717) is 18.4 Å². The first-order valence-corrected chi connectivity index (χ1v) is 12.4. The lowest BCUT2D eigenvalue weighted by Gasteiger charge is -2.30. The van der Waals surface area contributed by atoms with Gasteiger partial charge in [-0.25, -0.2) is 0 Å². The first-order chi connectivity index (χ1) is 16.8. The molecule has 0 saturated carbocycles. The van der Waals surface area contributed by atoms with Crippen molar-refractivity contribution in [1.29, 1.82) is 0 Å².